The molecule has 2 saturated heterocycles. The zero-order valence-corrected chi connectivity index (χ0v) is 21.3. The number of aromatic nitrogens is 2. The molecule has 5 rings (SSSR count). The zero-order valence-electron chi connectivity index (χ0n) is 21.3. The number of fused-ring (bicyclic) bond motifs is 1. The molecule has 3 N–H and O–H groups in total. The summed E-state index contributed by atoms with van der Waals surface area (Å²) in [5.74, 6) is 0. The predicted molar refractivity (Wildman–Crippen MR) is 143 cm³/mol. The van der Waals surface area contributed by atoms with Gasteiger partial charge in [0.1, 0.15) is 6.07 Å². The summed E-state index contributed by atoms with van der Waals surface area (Å²) in [5, 5.41) is 34.4. The van der Waals surface area contributed by atoms with Crippen LogP contribution in [0.25, 0.3) is 10.9 Å². The first kappa shape index (κ1) is 25.4. The minimum atomic E-state index is -0.523. The Balaban J connectivity index is 1.22. The Morgan fingerprint density at radius 2 is 2.05 bits per heavy atom. The Kier molecular flexibility index (Phi) is 7.53. The highest BCUT2D eigenvalue weighted by atomic mass is 16.5. The lowest BCUT2D eigenvalue weighted by atomic mass is 10.0. The van der Waals surface area contributed by atoms with E-state index in [9.17, 15) is 15.5 Å². The number of piperidine rings is 1. The van der Waals surface area contributed by atoms with E-state index in [0.717, 1.165) is 47.5 Å². The summed E-state index contributed by atoms with van der Waals surface area (Å²) in [4.78, 5) is 13.3. The first-order valence-electron chi connectivity index (χ1n) is 12.9. The number of aryl methyl sites for hydroxylation is 1. The Labute approximate surface area is 217 Å². The molecule has 4 heterocycles. The second kappa shape index (κ2) is 11.0. The van der Waals surface area contributed by atoms with Gasteiger partial charge in [0.15, 0.2) is 0 Å². The van der Waals surface area contributed by atoms with Gasteiger partial charge in [-0.25, -0.2) is 0 Å². The van der Waals surface area contributed by atoms with Gasteiger partial charge in [0.2, 0.25) is 0 Å². The van der Waals surface area contributed by atoms with Crippen molar-refractivity contribution in [3.05, 3.63) is 59.5 Å². The number of β-amino-alcohol motifs (C(OH)–C–C–N with tert-alkyl or cyclic N) is 1. The van der Waals surface area contributed by atoms with E-state index in [0.29, 0.717) is 30.9 Å². The van der Waals surface area contributed by atoms with Gasteiger partial charge in [-0.2, -0.15) is 5.26 Å². The summed E-state index contributed by atoms with van der Waals surface area (Å²) in [5.41, 5.74) is 4.85. The molecule has 0 amide bonds. The van der Waals surface area contributed by atoms with Gasteiger partial charge >= 0.3 is 0 Å². The summed E-state index contributed by atoms with van der Waals surface area (Å²) in [6, 6.07) is 13.9. The molecule has 0 bridgehead atoms. The maximum Gasteiger partial charge on any atom is 0.101 e. The van der Waals surface area contributed by atoms with Crippen LogP contribution in [0.3, 0.4) is 0 Å². The van der Waals surface area contributed by atoms with E-state index in [2.05, 4.69) is 38.1 Å². The lowest BCUT2D eigenvalue weighted by Gasteiger charge is -2.41. The largest absolute Gasteiger partial charge is 0.390 e. The molecule has 0 radical (unpaired) electrons. The van der Waals surface area contributed by atoms with Crippen LogP contribution in [0.1, 0.15) is 30.3 Å². The van der Waals surface area contributed by atoms with Gasteiger partial charge in [-0.3, -0.25) is 9.97 Å². The van der Waals surface area contributed by atoms with Gasteiger partial charge in [0.05, 0.1) is 41.7 Å². The molecule has 4 atom stereocenters. The van der Waals surface area contributed by atoms with Crippen molar-refractivity contribution in [2.45, 2.75) is 51.2 Å². The van der Waals surface area contributed by atoms with Gasteiger partial charge in [0.25, 0.3) is 0 Å². The van der Waals surface area contributed by atoms with Crippen LogP contribution in [0.15, 0.2) is 42.6 Å². The second-order valence-electron chi connectivity index (χ2n) is 10.1. The van der Waals surface area contributed by atoms with Gasteiger partial charge in [-0.15, -0.1) is 0 Å². The standard InChI is InChI=1S/C28H34N6O3/c1-18-10-22(11-21(17-35)32-18)33-9-7-25(27(36)16-33)31-13-23-15-34(14-19(2)37-23)26-6-5-20(12-29)28-24(26)4-3-8-30-28/h3-6,8,10-11,19,23,25,27,31,35-36H,7,9,13-17H2,1-2H3/t19-,23+,25?,27?/m1/s1. The number of nitrogens with zero attached hydrogens (tertiary/aromatic N) is 5. The van der Waals surface area contributed by atoms with Crippen molar-refractivity contribution >= 4 is 22.3 Å². The molecule has 2 aliphatic rings. The van der Waals surface area contributed by atoms with Crippen LogP contribution < -0.4 is 15.1 Å². The Bertz CT molecular complexity index is 1290. The van der Waals surface area contributed by atoms with E-state index in [1.807, 2.05) is 43.3 Å². The molecule has 37 heavy (non-hydrogen) atoms. The van der Waals surface area contributed by atoms with E-state index in [-0.39, 0.29) is 24.9 Å². The third-order valence-electron chi connectivity index (χ3n) is 7.24. The van der Waals surface area contributed by atoms with Gasteiger partial charge in [0, 0.05) is 67.4 Å². The Hall–Kier alpha value is -3.29. The predicted octanol–water partition coefficient (Wildman–Crippen LogP) is 2.13. The lowest BCUT2D eigenvalue weighted by molar-refractivity contribution is -0.0188. The van der Waals surface area contributed by atoms with E-state index in [1.165, 1.54) is 0 Å². The molecule has 2 unspecified atom stereocenters. The number of rotatable bonds is 6. The Morgan fingerprint density at radius 1 is 1.19 bits per heavy atom. The molecule has 2 aliphatic heterocycles. The summed E-state index contributed by atoms with van der Waals surface area (Å²) < 4.78 is 6.26. The van der Waals surface area contributed by atoms with Crippen LogP contribution in [0.4, 0.5) is 11.4 Å². The number of pyridine rings is 2. The summed E-state index contributed by atoms with van der Waals surface area (Å²) in [6.45, 7) is 7.33. The number of morpholine rings is 1. The molecule has 2 aromatic heterocycles. The fourth-order valence-corrected chi connectivity index (χ4v) is 5.55. The lowest BCUT2D eigenvalue weighted by Crippen LogP contribution is -2.56. The molecule has 2 fully saturated rings. The van der Waals surface area contributed by atoms with Crippen LogP contribution in [0.2, 0.25) is 0 Å². The average molecular weight is 503 g/mol. The number of nitrogens with one attached hydrogen (secondary N) is 1. The van der Waals surface area contributed by atoms with E-state index >= 15 is 0 Å². The zero-order chi connectivity index (χ0) is 25.9. The molecular formula is C28H34N6O3. The third kappa shape index (κ3) is 5.53. The smallest absolute Gasteiger partial charge is 0.101 e. The van der Waals surface area contributed by atoms with Gasteiger partial charge in [-0.1, -0.05) is 0 Å². The molecule has 0 aliphatic carbocycles. The number of anilines is 2. The number of ether oxygens (including phenoxy) is 1. The SMILES string of the molecule is Cc1cc(N2CCC(NC[C@H]3CN(c4ccc(C#N)c5ncccc45)C[C@@H](C)O3)C(O)C2)cc(CO)n1. The van der Waals surface area contributed by atoms with Gasteiger partial charge < -0.3 is 30.1 Å². The molecule has 9 heteroatoms. The Morgan fingerprint density at radius 3 is 2.84 bits per heavy atom. The van der Waals surface area contributed by atoms with E-state index in [4.69, 9.17) is 4.74 Å². The molecule has 194 valence electrons. The number of aliphatic hydroxyl groups is 2. The van der Waals surface area contributed by atoms with E-state index in [1.54, 1.807) is 6.20 Å². The van der Waals surface area contributed by atoms with Crippen LogP contribution in [-0.4, -0.2) is 77.3 Å². The average Bonchev–Trinajstić information content (AvgIpc) is 2.91. The summed E-state index contributed by atoms with van der Waals surface area (Å²) >= 11 is 0. The van der Waals surface area contributed by atoms with Crippen molar-refractivity contribution in [3.63, 3.8) is 0 Å². The monoisotopic (exact) mass is 502 g/mol. The van der Waals surface area contributed by atoms with Gasteiger partial charge in [-0.05, 0) is 56.7 Å². The van der Waals surface area contributed by atoms with Crippen LogP contribution >= 0.6 is 0 Å². The number of hydrogen-bond acceptors (Lipinski definition) is 9. The van der Waals surface area contributed by atoms with Crippen molar-refractivity contribution in [1.82, 2.24) is 15.3 Å². The molecule has 0 spiro atoms. The number of benzene rings is 1. The minimum absolute atomic E-state index is 0.0225. The highest BCUT2D eigenvalue weighted by Gasteiger charge is 2.31. The topological polar surface area (TPSA) is 118 Å². The van der Waals surface area contributed by atoms with Crippen LogP contribution in [0, 0.1) is 18.3 Å². The maximum absolute atomic E-state index is 10.9. The molecular weight excluding hydrogens is 468 g/mol. The van der Waals surface area contributed by atoms with E-state index < -0.39 is 6.10 Å². The fraction of sp³-hybridized carbons (Fsp3) is 0.464. The quantitative estimate of drug-likeness (QED) is 0.466. The molecule has 1 aromatic carbocycles. The van der Waals surface area contributed by atoms with Crippen molar-refractivity contribution in [2.24, 2.45) is 0 Å². The second-order valence-corrected chi connectivity index (χ2v) is 10.1. The normalized spacial score (nSPS) is 24.3. The van der Waals surface area contributed by atoms with Crippen molar-refractivity contribution in [3.8, 4) is 6.07 Å². The number of hydrogen-bond donors (Lipinski definition) is 3. The van der Waals surface area contributed by atoms with Crippen molar-refractivity contribution in [2.75, 3.05) is 42.5 Å². The van der Waals surface area contributed by atoms with Crippen LogP contribution in [-0.2, 0) is 11.3 Å². The molecule has 3 aromatic rings. The summed E-state index contributed by atoms with van der Waals surface area (Å²) in [6.07, 6.45) is 2.01. The number of nitriles is 1. The maximum atomic E-state index is 10.9. The minimum Gasteiger partial charge on any atom is -0.390 e. The fourth-order valence-electron chi connectivity index (χ4n) is 5.55. The first-order chi connectivity index (χ1) is 17.9. The van der Waals surface area contributed by atoms with Crippen LogP contribution in [0.5, 0.6) is 0 Å². The highest BCUT2D eigenvalue weighted by Crippen LogP contribution is 2.30. The van der Waals surface area contributed by atoms with Crippen molar-refractivity contribution < 1.29 is 14.9 Å². The first-order valence-corrected chi connectivity index (χ1v) is 12.9. The molecule has 0 saturated carbocycles. The van der Waals surface area contributed by atoms with Crippen molar-refractivity contribution in [1.29, 1.82) is 5.26 Å². The number of aliphatic hydroxyl groups excluding tert-OH is 2. The molecule has 9 nitrogen and oxygen atoms in total. The summed E-state index contributed by atoms with van der Waals surface area (Å²) in [7, 11) is 0. The third-order valence-corrected chi connectivity index (χ3v) is 7.24. The highest BCUT2D eigenvalue weighted by molar-refractivity contribution is 5.95.